The standard InChI is InChI=1S/C37H28N2O4/c40-32-9-1-5-26(20-32)38(27-6-2-10-33(41)21-27)30-13-15-36-24(18-30)17-25-19-31(14-16-37(25)36)39(28-7-3-11-34(42)22-28)29-8-4-12-35(43)23-29/h1-16,18-23,40-43H,17H2. The zero-order valence-electron chi connectivity index (χ0n) is 23.1. The second-order valence-corrected chi connectivity index (χ2v) is 10.6. The van der Waals surface area contributed by atoms with Crippen LogP contribution in [0, 0.1) is 0 Å². The molecule has 6 heteroatoms. The van der Waals surface area contributed by atoms with E-state index in [4.69, 9.17) is 0 Å². The predicted molar refractivity (Wildman–Crippen MR) is 171 cm³/mol. The van der Waals surface area contributed by atoms with Crippen molar-refractivity contribution in [3.05, 3.63) is 145 Å². The van der Waals surface area contributed by atoms with Gasteiger partial charge in [0.15, 0.2) is 0 Å². The average Bonchev–Trinajstić information content (AvgIpc) is 3.35. The third-order valence-electron chi connectivity index (χ3n) is 7.72. The Balaban J connectivity index is 1.29. The molecule has 0 spiro atoms. The van der Waals surface area contributed by atoms with Gasteiger partial charge in [-0.15, -0.1) is 0 Å². The molecule has 0 saturated heterocycles. The van der Waals surface area contributed by atoms with Gasteiger partial charge in [0.2, 0.25) is 0 Å². The highest BCUT2D eigenvalue weighted by Gasteiger charge is 2.23. The number of hydrogen-bond donors (Lipinski definition) is 4. The first kappa shape index (κ1) is 26.0. The van der Waals surface area contributed by atoms with E-state index in [-0.39, 0.29) is 23.0 Å². The Bertz CT molecular complexity index is 1750. The van der Waals surface area contributed by atoms with Gasteiger partial charge in [0.25, 0.3) is 0 Å². The van der Waals surface area contributed by atoms with E-state index in [1.807, 2.05) is 34.1 Å². The van der Waals surface area contributed by atoms with Crippen LogP contribution in [-0.4, -0.2) is 20.4 Å². The molecule has 0 aromatic heterocycles. The van der Waals surface area contributed by atoms with Crippen LogP contribution >= 0.6 is 0 Å². The molecule has 43 heavy (non-hydrogen) atoms. The zero-order chi connectivity index (χ0) is 29.5. The van der Waals surface area contributed by atoms with Crippen molar-refractivity contribution in [2.24, 2.45) is 0 Å². The topological polar surface area (TPSA) is 87.4 Å². The summed E-state index contributed by atoms with van der Waals surface area (Å²) in [4.78, 5) is 4.03. The fourth-order valence-electron chi connectivity index (χ4n) is 5.88. The Labute approximate surface area is 249 Å². The first-order chi connectivity index (χ1) is 20.9. The molecule has 210 valence electrons. The van der Waals surface area contributed by atoms with Gasteiger partial charge in [-0.1, -0.05) is 36.4 Å². The van der Waals surface area contributed by atoms with Crippen molar-refractivity contribution in [3.8, 4) is 34.1 Å². The summed E-state index contributed by atoms with van der Waals surface area (Å²) in [5.41, 5.74) is 9.54. The third kappa shape index (κ3) is 4.96. The molecule has 0 bridgehead atoms. The lowest BCUT2D eigenvalue weighted by Gasteiger charge is -2.26. The van der Waals surface area contributed by atoms with Gasteiger partial charge >= 0.3 is 0 Å². The number of hydrogen-bond acceptors (Lipinski definition) is 6. The van der Waals surface area contributed by atoms with Crippen molar-refractivity contribution in [3.63, 3.8) is 0 Å². The highest BCUT2D eigenvalue weighted by atomic mass is 16.3. The van der Waals surface area contributed by atoms with Gasteiger partial charge in [0, 0.05) is 58.4 Å². The minimum atomic E-state index is 0.159. The molecule has 7 rings (SSSR count). The Morgan fingerprint density at radius 2 is 0.651 bits per heavy atom. The quantitative estimate of drug-likeness (QED) is 0.161. The molecular weight excluding hydrogens is 536 g/mol. The molecule has 0 unspecified atom stereocenters. The first-order valence-electron chi connectivity index (χ1n) is 14.0. The smallest absolute Gasteiger partial charge is 0.117 e. The Kier molecular flexibility index (Phi) is 6.36. The molecule has 0 atom stereocenters. The van der Waals surface area contributed by atoms with Gasteiger partial charge in [0.1, 0.15) is 23.0 Å². The van der Waals surface area contributed by atoms with Crippen LogP contribution in [0.15, 0.2) is 133 Å². The number of rotatable bonds is 6. The number of aromatic hydroxyl groups is 4. The summed E-state index contributed by atoms with van der Waals surface area (Å²) in [7, 11) is 0. The van der Waals surface area contributed by atoms with Crippen molar-refractivity contribution in [2.45, 2.75) is 6.42 Å². The molecule has 0 radical (unpaired) electrons. The number of benzene rings is 6. The van der Waals surface area contributed by atoms with Crippen LogP contribution < -0.4 is 9.80 Å². The van der Waals surface area contributed by atoms with E-state index in [0.717, 1.165) is 56.4 Å². The number of phenolic OH excluding ortho intramolecular Hbond substituents is 4. The van der Waals surface area contributed by atoms with E-state index in [2.05, 4.69) is 36.4 Å². The van der Waals surface area contributed by atoms with Crippen LogP contribution in [0.1, 0.15) is 11.1 Å². The van der Waals surface area contributed by atoms with Crippen molar-refractivity contribution < 1.29 is 20.4 Å². The second kappa shape index (κ2) is 10.5. The second-order valence-electron chi connectivity index (χ2n) is 10.6. The van der Waals surface area contributed by atoms with E-state index in [1.54, 1.807) is 72.8 Å². The lowest BCUT2D eigenvalue weighted by atomic mass is 10.0. The van der Waals surface area contributed by atoms with Gasteiger partial charge in [-0.3, -0.25) is 0 Å². The molecule has 1 aliphatic carbocycles. The Morgan fingerprint density at radius 3 is 0.953 bits per heavy atom. The van der Waals surface area contributed by atoms with Gasteiger partial charge in [-0.25, -0.2) is 0 Å². The van der Waals surface area contributed by atoms with Crippen LogP contribution in [0.5, 0.6) is 23.0 Å². The van der Waals surface area contributed by atoms with Crippen molar-refractivity contribution in [1.82, 2.24) is 0 Å². The third-order valence-corrected chi connectivity index (χ3v) is 7.72. The van der Waals surface area contributed by atoms with Gasteiger partial charge in [-0.05, 0) is 101 Å². The monoisotopic (exact) mass is 564 g/mol. The Morgan fingerprint density at radius 1 is 0.349 bits per heavy atom. The highest BCUT2D eigenvalue weighted by molar-refractivity contribution is 5.86. The van der Waals surface area contributed by atoms with Crippen LogP contribution in [0.4, 0.5) is 34.1 Å². The van der Waals surface area contributed by atoms with Crippen LogP contribution in [0.2, 0.25) is 0 Å². The van der Waals surface area contributed by atoms with Crippen molar-refractivity contribution >= 4 is 34.1 Å². The van der Waals surface area contributed by atoms with E-state index in [0.29, 0.717) is 6.42 Å². The van der Waals surface area contributed by atoms with E-state index < -0.39 is 0 Å². The van der Waals surface area contributed by atoms with E-state index in [1.165, 1.54) is 0 Å². The Hall–Kier alpha value is -5.88. The van der Waals surface area contributed by atoms with Gasteiger partial charge in [-0.2, -0.15) is 0 Å². The van der Waals surface area contributed by atoms with Gasteiger partial charge in [0.05, 0.1) is 0 Å². The molecular formula is C37H28N2O4. The summed E-state index contributed by atoms with van der Waals surface area (Å²) >= 11 is 0. The molecule has 6 aromatic rings. The molecule has 0 amide bonds. The minimum absolute atomic E-state index is 0.159. The summed E-state index contributed by atoms with van der Waals surface area (Å²) in [6, 6.07) is 40.9. The number of anilines is 6. The minimum Gasteiger partial charge on any atom is -0.508 e. The number of fused-ring (bicyclic) bond motifs is 3. The molecule has 0 aliphatic heterocycles. The molecule has 6 aromatic carbocycles. The van der Waals surface area contributed by atoms with Crippen LogP contribution in [0.3, 0.4) is 0 Å². The summed E-state index contributed by atoms with van der Waals surface area (Å²) in [6.45, 7) is 0. The zero-order valence-corrected chi connectivity index (χ0v) is 23.1. The molecule has 0 fully saturated rings. The maximum Gasteiger partial charge on any atom is 0.117 e. The fourth-order valence-corrected chi connectivity index (χ4v) is 5.88. The fraction of sp³-hybridized carbons (Fsp3) is 0.0270. The van der Waals surface area contributed by atoms with Crippen molar-refractivity contribution in [1.29, 1.82) is 0 Å². The molecule has 0 heterocycles. The largest absolute Gasteiger partial charge is 0.508 e. The number of nitrogens with zero attached hydrogens (tertiary/aromatic N) is 2. The summed E-state index contributed by atoms with van der Waals surface area (Å²) in [5.74, 6) is 0.636. The first-order valence-corrected chi connectivity index (χ1v) is 14.0. The summed E-state index contributed by atoms with van der Waals surface area (Å²) in [6.07, 6.45) is 0.716. The number of phenols is 4. The maximum atomic E-state index is 10.2. The SMILES string of the molecule is Oc1cccc(N(c2cccc(O)c2)c2ccc3c(c2)Cc2cc(N(c4cccc(O)c4)c4cccc(O)c4)ccc2-3)c1. The molecule has 0 saturated carbocycles. The average molecular weight is 565 g/mol. The van der Waals surface area contributed by atoms with Crippen LogP contribution in [0.25, 0.3) is 11.1 Å². The summed E-state index contributed by atoms with van der Waals surface area (Å²) < 4.78 is 0. The molecule has 6 nitrogen and oxygen atoms in total. The van der Waals surface area contributed by atoms with E-state index in [9.17, 15) is 20.4 Å². The van der Waals surface area contributed by atoms with Gasteiger partial charge < -0.3 is 30.2 Å². The van der Waals surface area contributed by atoms with E-state index >= 15 is 0 Å². The highest BCUT2D eigenvalue weighted by Crippen LogP contribution is 2.45. The molecule has 1 aliphatic rings. The van der Waals surface area contributed by atoms with Crippen LogP contribution in [-0.2, 0) is 6.42 Å². The summed E-state index contributed by atoms with van der Waals surface area (Å²) in [5, 5.41) is 41.0. The molecule has 4 N–H and O–H groups in total. The lowest BCUT2D eigenvalue weighted by Crippen LogP contribution is -2.10. The maximum absolute atomic E-state index is 10.2. The van der Waals surface area contributed by atoms with Crippen molar-refractivity contribution in [2.75, 3.05) is 9.80 Å². The lowest BCUT2D eigenvalue weighted by molar-refractivity contribution is 0.474. The predicted octanol–water partition coefficient (Wildman–Crippen LogP) is 9.02. The normalized spacial score (nSPS) is 11.5.